The first-order chi connectivity index (χ1) is 18.2. The van der Waals surface area contributed by atoms with E-state index in [4.69, 9.17) is 4.98 Å². The highest BCUT2D eigenvalue weighted by Gasteiger charge is 2.18. The second-order valence-electron chi connectivity index (χ2n) is 9.37. The number of hydrogen-bond donors (Lipinski definition) is 2. The number of carbonyl (C=O) groups is 1. The molecule has 5 rings (SSSR count). The summed E-state index contributed by atoms with van der Waals surface area (Å²) >= 11 is 1.44. The molecule has 8 nitrogen and oxygen atoms in total. The number of H-pyrrole nitrogens is 2. The van der Waals surface area contributed by atoms with Gasteiger partial charge in [0.25, 0.3) is 0 Å². The molecular weight excluding hydrogens is 494 g/mol. The van der Waals surface area contributed by atoms with Gasteiger partial charge >= 0.3 is 0 Å². The Morgan fingerprint density at radius 1 is 1.16 bits per heavy atom. The van der Waals surface area contributed by atoms with Crippen LogP contribution in [-0.2, 0) is 0 Å². The van der Waals surface area contributed by atoms with Crippen molar-refractivity contribution in [1.82, 2.24) is 35.0 Å². The van der Waals surface area contributed by atoms with E-state index in [0.29, 0.717) is 16.3 Å². The second-order valence-corrected chi connectivity index (χ2v) is 10.5. The van der Waals surface area contributed by atoms with Gasteiger partial charge in [0.15, 0.2) is 17.3 Å². The molecule has 0 aliphatic carbocycles. The maximum absolute atomic E-state index is 11.8. The molecule has 2 N–H and O–H groups in total. The van der Waals surface area contributed by atoms with Crippen molar-refractivity contribution < 1.29 is 4.79 Å². The fourth-order valence-corrected chi connectivity index (χ4v) is 4.94. The number of rotatable bonds is 8. The molecule has 5 aromatic rings. The molecule has 0 spiro atoms. The summed E-state index contributed by atoms with van der Waals surface area (Å²) in [6.45, 7) is 9.92. The zero-order chi connectivity index (χ0) is 27.0. The number of imidazole rings is 1. The number of aromatic nitrogens is 6. The minimum atomic E-state index is 0.0443. The summed E-state index contributed by atoms with van der Waals surface area (Å²) in [6, 6.07) is 5.87. The summed E-state index contributed by atoms with van der Waals surface area (Å²) in [5.41, 5.74) is 7.94. The van der Waals surface area contributed by atoms with Crippen molar-refractivity contribution in [2.45, 2.75) is 27.2 Å². The van der Waals surface area contributed by atoms with Gasteiger partial charge in [-0.1, -0.05) is 25.2 Å². The van der Waals surface area contributed by atoms with Crippen molar-refractivity contribution in [2.75, 3.05) is 14.1 Å². The first kappa shape index (κ1) is 25.3. The molecule has 38 heavy (non-hydrogen) atoms. The van der Waals surface area contributed by atoms with Crippen molar-refractivity contribution in [1.29, 1.82) is 0 Å². The monoisotopic (exact) mass is 523 g/mol. The lowest BCUT2D eigenvalue weighted by molar-refractivity contribution is 0.102. The van der Waals surface area contributed by atoms with Gasteiger partial charge in [0, 0.05) is 48.2 Å². The van der Waals surface area contributed by atoms with Gasteiger partial charge < -0.3 is 9.88 Å². The van der Waals surface area contributed by atoms with Crippen LogP contribution in [0, 0.1) is 0 Å². The number of ketones is 1. The van der Waals surface area contributed by atoms with Gasteiger partial charge in [-0.05, 0) is 50.1 Å². The summed E-state index contributed by atoms with van der Waals surface area (Å²) < 4.78 is 0. The first-order valence-electron chi connectivity index (χ1n) is 12.3. The smallest absolute Gasteiger partial charge is 0.181 e. The third-order valence-corrected chi connectivity index (χ3v) is 7.70. The van der Waals surface area contributed by atoms with Crippen LogP contribution in [-0.4, -0.2) is 54.9 Å². The van der Waals surface area contributed by atoms with Crippen LogP contribution in [0.15, 0.2) is 66.8 Å². The standard InChI is InChI=1S/C29H29N7OS/c1-7-16(2)10-19(11-17(3)36(5)6)20-12-21-27(34-35-28(21)31-13-20)29-32-23-15-30-14-22(26(23)33-29)25-9-8-24(38-25)18(4)37/h8-15H,2,7H2,1,3-6H3,(H,32,33)(H,31,34,35). The molecule has 0 aliphatic heterocycles. The van der Waals surface area contributed by atoms with Crippen LogP contribution in [0.3, 0.4) is 0 Å². The molecule has 5 heterocycles. The third-order valence-electron chi connectivity index (χ3n) is 6.48. The second kappa shape index (κ2) is 10.2. The molecule has 0 bridgehead atoms. The summed E-state index contributed by atoms with van der Waals surface area (Å²) in [7, 11) is 4.05. The van der Waals surface area contributed by atoms with Crippen LogP contribution in [0.2, 0.25) is 0 Å². The van der Waals surface area contributed by atoms with Crippen molar-refractivity contribution in [3.63, 3.8) is 0 Å². The number of nitrogens with zero attached hydrogens (tertiary/aromatic N) is 5. The Morgan fingerprint density at radius 2 is 1.97 bits per heavy atom. The summed E-state index contributed by atoms with van der Waals surface area (Å²) in [5.74, 6) is 0.686. The van der Waals surface area contributed by atoms with Gasteiger partial charge in [-0.2, -0.15) is 5.10 Å². The highest BCUT2D eigenvalue weighted by molar-refractivity contribution is 7.17. The van der Waals surface area contributed by atoms with E-state index in [1.165, 1.54) is 11.3 Å². The molecule has 0 amide bonds. The molecule has 0 radical (unpaired) electrons. The maximum Gasteiger partial charge on any atom is 0.181 e. The van der Waals surface area contributed by atoms with Gasteiger partial charge in [0.1, 0.15) is 11.2 Å². The number of thiophene rings is 1. The van der Waals surface area contributed by atoms with Crippen LogP contribution >= 0.6 is 11.3 Å². The number of pyridine rings is 2. The highest BCUT2D eigenvalue weighted by atomic mass is 32.1. The molecule has 0 fully saturated rings. The molecule has 0 aliphatic rings. The van der Waals surface area contributed by atoms with E-state index < -0.39 is 0 Å². The number of aromatic amines is 2. The van der Waals surface area contributed by atoms with Gasteiger partial charge in [-0.3, -0.25) is 14.9 Å². The molecule has 0 saturated carbocycles. The van der Waals surface area contributed by atoms with Crippen LogP contribution in [0.1, 0.15) is 42.4 Å². The normalized spacial score (nSPS) is 12.4. The predicted octanol–water partition coefficient (Wildman–Crippen LogP) is 6.64. The fourth-order valence-electron chi connectivity index (χ4n) is 4.03. The molecular formula is C29H29N7OS. The summed E-state index contributed by atoms with van der Waals surface area (Å²) in [4.78, 5) is 32.9. The number of nitrogens with one attached hydrogen (secondary N) is 2. The molecule has 0 aromatic carbocycles. The minimum absolute atomic E-state index is 0.0443. The number of hydrogen-bond acceptors (Lipinski definition) is 7. The van der Waals surface area contributed by atoms with E-state index in [9.17, 15) is 4.79 Å². The zero-order valence-electron chi connectivity index (χ0n) is 22.1. The summed E-state index contributed by atoms with van der Waals surface area (Å²) in [6.07, 6.45) is 10.5. The van der Waals surface area contributed by atoms with Crippen molar-refractivity contribution in [3.8, 4) is 22.0 Å². The van der Waals surface area contributed by atoms with E-state index in [1.807, 2.05) is 32.4 Å². The van der Waals surface area contributed by atoms with Crippen LogP contribution < -0.4 is 0 Å². The first-order valence-corrected chi connectivity index (χ1v) is 13.1. The van der Waals surface area contributed by atoms with Gasteiger partial charge in [0.05, 0.1) is 22.0 Å². The summed E-state index contributed by atoms with van der Waals surface area (Å²) in [5, 5.41) is 8.40. The van der Waals surface area contributed by atoms with E-state index >= 15 is 0 Å². The molecule has 5 aromatic heterocycles. The molecule has 0 atom stereocenters. The van der Waals surface area contributed by atoms with Gasteiger partial charge in [-0.25, -0.2) is 9.97 Å². The van der Waals surface area contributed by atoms with Crippen LogP contribution in [0.5, 0.6) is 0 Å². The molecule has 0 unspecified atom stereocenters. The highest BCUT2D eigenvalue weighted by Crippen LogP contribution is 2.35. The number of allylic oxidation sites excluding steroid dienone is 5. The zero-order valence-corrected chi connectivity index (χ0v) is 22.9. The average Bonchev–Trinajstić information content (AvgIpc) is 3.65. The molecule has 0 saturated heterocycles. The van der Waals surface area contributed by atoms with Crippen molar-refractivity contribution in [2.24, 2.45) is 0 Å². The van der Waals surface area contributed by atoms with Crippen molar-refractivity contribution in [3.05, 3.63) is 77.2 Å². The quantitative estimate of drug-likeness (QED) is 0.174. The van der Waals surface area contributed by atoms with Crippen LogP contribution in [0.25, 0.3) is 49.6 Å². The van der Waals surface area contributed by atoms with Gasteiger partial charge in [0.2, 0.25) is 0 Å². The minimum Gasteiger partial charge on any atom is -0.381 e. The Bertz CT molecular complexity index is 1750. The Balaban J connectivity index is 1.62. The number of fused-ring (bicyclic) bond motifs is 2. The fraction of sp³-hybridized carbons (Fsp3) is 0.207. The lowest BCUT2D eigenvalue weighted by Crippen LogP contribution is -2.08. The van der Waals surface area contributed by atoms with Gasteiger partial charge in [-0.15, -0.1) is 11.3 Å². The predicted molar refractivity (Wildman–Crippen MR) is 155 cm³/mol. The molecule has 192 valence electrons. The Labute approximate surface area is 224 Å². The van der Waals surface area contributed by atoms with Crippen molar-refractivity contribution >= 4 is 44.8 Å². The SMILES string of the molecule is C=C(C=C(C=C(C)N(C)C)c1cnc2n[nH]c(-c3nc4c(-c5ccc(C(C)=O)s5)cncc4[nH]3)c2c1)CC. The maximum atomic E-state index is 11.8. The number of carbonyl (C=O) groups excluding carboxylic acids is 1. The Hall–Kier alpha value is -4.37. The largest absolute Gasteiger partial charge is 0.381 e. The lowest BCUT2D eigenvalue weighted by atomic mass is 10.0. The van der Waals surface area contributed by atoms with E-state index in [2.05, 4.69) is 68.7 Å². The average molecular weight is 524 g/mol. The Morgan fingerprint density at radius 3 is 2.68 bits per heavy atom. The van der Waals surface area contributed by atoms with E-state index in [1.54, 1.807) is 19.3 Å². The lowest BCUT2D eigenvalue weighted by Gasteiger charge is -2.14. The van der Waals surface area contributed by atoms with E-state index in [0.717, 1.165) is 61.4 Å². The number of Topliss-reactive ketones (excluding diaryl/α,β-unsaturated/α-hetero) is 1. The molecule has 9 heteroatoms. The van der Waals surface area contributed by atoms with E-state index in [-0.39, 0.29) is 5.78 Å². The van der Waals surface area contributed by atoms with Crippen LogP contribution in [0.4, 0.5) is 0 Å². The Kier molecular flexibility index (Phi) is 6.77. The third kappa shape index (κ3) is 4.80. The topological polar surface area (TPSA) is 103 Å².